The Balaban J connectivity index is 2.44. The van der Waals surface area contributed by atoms with Gasteiger partial charge >= 0.3 is 0 Å². The maximum atomic E-state index is 10.8. The fourth-order valence-electron chi connectivity index (χ4n) is 1.82. The number of benzene rings is 1. The molecule has 0 saturated carbocycles. The molecule has 20 heavy (non-hydrogen) atoms. The van der Waals surface area contributed by atoms with Crippen molar-refractivity contribution in [3.05, 3.63) is 44.0 Å². The summed E-state index contributed by atoms with van der Waals surface area (Å²) >= 11 is 0. The molecule has 0 amide bonds. The van der Waals surface area contributed by atoms with Gasteiger partial charge in [0.15, 0.2) is 0 Å². The van der Waals surface area contributed by atoms with Gasteiger partial charge in [-0.1, -0.05) is 13.8 Å². The fourth-order valence-corrected chi connectivity index (χ4v) is 1.82. The van der Waals surface area contributed by atoms with Crippen LogP contribution in [-0.4, -0.2) is 28.4 Å². The van der Waals surface area contributed by atoms with Crippen LogP contribution in [0.25, 0.3) is 0 Å². The van der Waals surface area contributed by atoms with Crippen LogP contribution in [0.5, 0.6) is 0 Å². The molecule has 1 aliphatic rings. The first-order valence-electron chi connectivity index (χ1n) is 6.03. The van der Waals surface area contributed by atoms with Gasteiger partial charge in [-0.2, -0.15) is 0 Å². The lowest BCUT2D eigenvalue weighted by molar-refractivity contribution is -0.394. The lowest BCUT2D eigenvalue weighted by Crippen LogP contribution is -2.13. The number of rotatable bonds is 4. The standard InChI is InChI=1S/C12H13N3O5/c1-7(2)11-6-20-12(13-11)8-3-9(14(16)17)5-10(4-8)15(18)19/h3-5,7,11H,6H2,1-2H3. The van der Waals surface area contributed by atoms with Gasteiger partial charge in [-0.25, -0.2) is 4.99 Å². The fraction of sp³-hybridized carbons (Fsp3) is 0.417. The van der Waals surface area contributed by atoms with Crippen molar-refractivity contribution in [2.45, 2.75) is 19.9 Å². The zero-order chi connectivity index (χ0) is 14.9. The van der Waals surface area contributed by atoms with Crippen molar-refractivity contribution < 1.29 is 14.6 Å². The summed E-state index contributed by atoms with van der Waals surface area (Å²) in [5.74, 6) is 0.483. The first-order valence-corrected chi connectivity index (χ1v) is 6.03. The van der Waals surface area contributed by atoms with E-state index in [1.165, 1.54) is 12.1 Å². The van der Waals surface area contributed by atoms with E-state index >= 15 is 0 Å². The van der Waals surface area contributed by atoms with Crippen molar-refractivity contribution in [2.24, 2.45) is 10.9 Å². The highest BCUT2D eigenvalue weighted by atomic mass is 16.6. The molecule has 1 heterocycles. The van der Waals surface area contributed by atoms with Gasteiger partial charge in [-0.3, -0.25) is 20.2 Å². The Morgan fingerprint density at radius 1 is 1.20 bits per heavy atom. The topological polar surface area (TPSA) is 108 Å². The minimum absolute atomic E-state index is 0.0386. The first kappa shape index (κ1) is 13.9. The third kappa shape index (κ3) is 2.73. The Bertz CT molecular complexity index is 565. The van der Waals surface area contributed by atoms with Crippen LogP contribution >= 0.6 is 0 Å². The average Bonchev–Trinajstić information content (AvgIpc) is 2.87. The molecular formula is C12H13N3O5. The Morgan fingerprint density at radius 3 is 2.15 bits per heavy atom. The summed E-state index contributed by atoms with van der Waals surface area (Å²) in [6, 6.07) is 3.34. The monoisotopic (exact) mass is 279 g/mol. The van der Waals surface area contributed by atoms with Crippen LogP contribution in [0, 0.1) is 26.1 Å². The van der Waals surface area contributed by atoms with Crippen molar-refractivity contribution in [3.8, 4) is 0 Å². The zero-order valence-corrected chi connectivity index (χ0v) is 11.0. The molecule has 1 aromatic rings. The van der Waals surface area contributed by atoms with Crippen LogP contribution in [0.1, 0.15) is 19.4 Å². The molecule has 0 fully saturated rings. The minimum atomic E-state index is -0.675. The lowest BCUT2D eigenvalue weighted by atomic mass is 10.1. The third-order valence-electron chi connectivity index (χ3n) is 3.01. The largest absolute Gasteiger partial charge is 0.475 e. The molecule has 8 nitrogen and oxygen atoms in total. The number of aliphatic imine (C=N–C) groups is 1. The molecule has 1 unspecified atom stereocenters. The molecule has 8 heteroatoms. The van der Waals surface area contributed by atoms with Crippen LogP contribution in [-0.2, 0) is 4.74 Å². The molecule has 0 radical (unpaired) electrons. The van der Waals surface area contributed by atoms with Gasteiger partial charge in [0.05, 0.1) is 22.0 Å². The van der Waals surface area contributed by atoms with Crippen LogP contribution in [0.4, 0.5) is 11.4 Å². The van der Waals surface area contributed by atoms with Crippen molar-refractivity contribution in [3.63, 3.8) is 0 Å². The summed E-state index contributed by atoms with van der Waals surface area (Å²) in [6.07, 6.45) is 0. The predicted molar refractivity (Wildman–Crippen MR) is 70.9 cm³/mol. The van der Waals surface area contributed by atoms with Gasteiger partial charge in [-0.15, -0.1) is 0 Å². The summed E-state index contributed by atoms with van der Waals surface area (Å²) in [7, 11) is 0. The summed E-state index contributed by atoms with van der Waals surface area (Å²) in [6.45, 7) is 4.34. The molecule has 0 saturated heterocycles. The van der Waals surface area contributed by atoms with Crippen LogP contribution < -0.4 is 0 Å². The Kier molecular flexibility index (Phi) is 3.64. The summed E-state index contributed by atoms with van der Waals surface area (Å²) < 4.78 is 5.39. The van der Waals surface area contributed by atoms with Gasteiger partial charge in [0.1, 0.15) is 6.61 Å². The van der Waals surface area contributed by atoms with Crippen molar-refractivity contribution >= 4 is 17.3 Å². The number of hydrogen-bond donors (Lipinski definition) is 0. The van der Waals surface area contributed by atoms with E-state index in [1.54, 1.807) is 0 Å². The van der Waals surface area contributed by atoms with E-state index in [1.807, 2.05) is 13.8 Å². The maximum absolute atomic E-state index is 10.8. The Labute approximate surface area is 114 Å². The van der Waals surface area contributed by atoms with E-state index in [0.29, 0.717) is 6.61 Å². The van der Waals surface area contributed by atoms with Gasteiger partial charge in [0.25, 0.3) is 11.4 Å². The highest BCUT2D eigenvalue weighted by Crippen LogP contribution is 2.25. The first-order chi connectivity index (χ1) is 9.38. The highest BCUT2D eigenvalue weighted by Gasteiger charge is 2.26. The van der Waals surface area contributed by atoms with Crippen LogP contribution in [0.3, 0.4) is 0 Å². The minimum Gasteiger partial charge on any atom is -0.475 e. The number of nitro groups is 2. The molecule has 0 N–H and O–H groups in total. The molecule has 0 bridgehead atoms. The molecule has 0 aliphatic carbocycles. The van der Waals surface area contributed by atoms with Gasteiger partial charge in [-0.05, 0) is 5.92 Å². The van der Waals surface area contributed by atoms with Crippen molar-refractivity contribution in [1.82, 2.24) is 0 Å². The number of non-ortho nitro benzene ring substituents is 2. The van der Waals surface area contributed by atoms with E-state index in [4.69, 9.17) is 4.74 Å². The molecule has 1 atom stereocenters. The Morgan fingerprint density at radius 2 is 1.75 bits per heavy atom. The van der Waals surface area contributed by atoms with E-state index in [9.17, 15) is 20.2 Å². The summed E-state index contributed by atoms with van der Waals surface area (Å²) in [5.41, 5.74) is -0.448. The molecule has 106 valence electrons. The number of nitro benzene ring substituents is 2. The lowest BCUT2D eigenvalue weighted by Gasteiger charge is -2.06. The Hall–Kier alpha value is -2.51. The summed E-state index contributed by atoms with van der Waals surface area (Å²) in [5, 5.41) is 21.6. The molecular weight excluding hydrogens is 266 g/mol. The van der Waals surface area contributed by atoms with Gasteiger partial charge in [0, 0.05) is 17.7 Å². The van der Waals surface area contributed by atoms with Gasteiger partial charge in [0.2, 0.25) is 5.90 Å². The second kappa shape index (κ2) is 5.24. The van der Waals surface area contributed by atoms with E-state index < -0.39 is 9.85 Å². The third-order valence-corrected chi connectivity index (χ3v) is 3.01. The SMILES string of the molecule is CC(C)C1COC(c2cc([N+](=O)[O-])cc([N+](=O)[O-])c2)=N1. The number of ether oxygens (including phenoxy) is 1. The average molecular weight is 279 g/mol. The molecule has 1 aliphatic heterocycles. The molecule has 2 rings (SSSR count). The normalized spacial score (nSPS) is 17.8. The smallest absolute Gasteiger partial charge is 0.277 e. The van der Waals surface area contributed by atoms with Gasteiger partial charge < -0.3 is 4.74 Å². The quantitative estimate of drug-likeness (QED) is 0.620. The number of hydrogen-bond acceptors (Lipinski definition) is 6. The molecule has 0 aromatic heterocycles. The van der Waals surface area contributed by atoms with Crippen LogP contribution in [0.2, 0.25) is 0 Å². The number of nitrogens with zero attached hydrogens (tertiary/aromatic N) is 3. The second-order valence-corrected chi connectivity index (χ2v) is 4.81. The van der Waals surface area contributed by atoms with Crippen molar-refractivity contribution in [2.75, 3.05) is 6.61 Å². The molecule has 0 spiro atoms. The summed E-state index contributed by atoms with van der Waals surface area (Å²) in [4.78, 5) is 24.6. The van der Waals surface area contributed by atoms with E-state index in [2.05, 4.69) is 4.99 Å². The van der Waals surface area contributed by atoms with Crippen LogP contribution in [0.15, 0.2) is 23.2 Å². The van der Waals surface area contributed by atoms with Crippen molar-refractivity contribution in [1.29, 1.82) is 0 Å². The second-order valence-electron chi connectivity index (χ2n) is 4.81. The predicted octanol–water partition coefficient (Wildman–Crippen LogP) is 2.30. The van der Waals surface area contributed by atoms with E-state index in [0.717, 1.165) is 6.07 Å². The zero-order valence-electron chi connectivity index (χ0n) is 11.0. The molecule has 1 aromatic carbocycles. The maximum Gasteiger partial charge on any atom is 0.277 e. The highest BCUT2D eigenvalue weighted by molar-refractivity contribution is 5.96. The van der Waals surface area contributed by atoms with E-state index in [-0.39, 0.29) is 34.8 Å².